The number of halogens is 1. The Labute approximate surface area is 161 Å². The topological polar surface area (TPSA) is 54.6 Å². The summed E-state index contributed by atoms with van der Waals surface area (Å²) in [6, 6.07) is 24.6. The highest BCUT2D eigenvalue weighted by Gasteiger charge is 2.12. The number of benzene rings is 3. The zero-order valence-electron chi connectivity index (χ0n) is 14.9. The smallest absolute Gasteiger partial charge is 0.257 e. The molecule has 0 aliphatic rings. The molecule has 28 heavy (non-hydrogen) atoms. The average molecular weight is 372 g/mol. The minimum Gasteiger partial charge on any atom is -0.438 e. The zero-order valence-corrected chi connectivity index (χ0v) is 14.9. The number of nitrogens with one attached hydrogen (secondary N) is 1. The molecular formula is C23H17FN2O2. The monoisotopic (exact) mass is 372 g/mol. The lowest BCUT2D eigenvalue weighted by molar-refractivity contribution is 0.0947. The van der Waals surface area contributed by atoms with Crippen molar-refractivity contribution in [2.75, 3.05) is 0 Å². The largest absolute Gasteiger partial charge is 0.438 e. The van der Waals surface area contributed by atoms with Gasteiger partial charge < -0.3 is 9.73 Å². The second kappa shape index (κ2) is 7.88. The molecule has 0 aliphatic carbocycles. The molecule has 1 amide bonds. The highest BCUT2D eigenvalue weighted by Crippen LogP contribution is 2.16. The van der Waals surface area contributed by atoms with E-state index < -0.39 is 5.82 Å². The van der Waals surface area contributed by atoms with E-state index in [2.05, 4.69) is 10.3 Å². The minimum atomic E-state index is -0.405. The molecule has 5 heteroatoms. The van der Waals surface area contributed by atoms with Crippen LogP contribution in [0, 0.1) is 5.82 Å². The van der Waals surface area contributed by atoms with E-state index in [0.29, 0.717) is 23.4 Å². The standard InChI is InChI=1S/C23H17FN2O2/c24-18-10-6-11-19(14-18)26-23-20(13-17-9-4-5-12-21(17)28-23)22(27)25-15-16-7-2-1-3-8-16/h1-14H,15H2,(H,25,27). The van der Waals surface area contributed by atoms with Crippen molar-refractivity contribution in [3.05, 3.63) is 107 Å². The number of rotatable bonds is 4. The summed E-state index contributed by atoms with van der Waals surface area (Å²) in [5.74, 6) is -0.717. The van der Waals surface area contributed by atoms with Gasteiger partial charge in [0.2, 0.25) is 5.55 Å². The highest BCUT2D eigenvalue weighted by molar-refractivity contribution is 5.96. The Morgan fingerprint density at radius 2 is 1.71 bits per heavy atom. The van der Waals surface area contributed by atoms with Gasteiger partial charge in [-0.1, -0.05) is 54.6 Å². The molecule has 0 radical (unpaired) electrons. The van der Waals surface area contributed by atoms with Crippen molar-refractivity contribution in [3.63, 3.8) is 0 Å². The number of nitrogens with zero attached hydrogens (tertiary/aromatic N) is 1. The van der Waals surface area contributed by atoms with Crippen LogP contribution < -0.4 is 10.9 Å². The molecule has 4 nitrogen and oxygen atoms in total. The summed E-state index contributed by atoms with van der Waals surface area (Å²) in [6.07, 6.45) is 0. The van der Waals surface area contributed by atoms with E-state index >= 15 is 0 Å². The molecule has 3 aromatic carbocycles. The average Bonchev–Trinajstić information content (AvgIpc) is 2.72. The number of amides is 1. The lowest BCUT2D eigenvalue weighted by atomic mass is 10.1. The van der Waals surface area contributed by atoms with Gasteiger partial charge >= 0.3 is 0 Å². The molecule has 4 rings (SSSR count). The number of carbonyl (C=O) groups excluding carboxylic acids is 1. The van der Waals surface area contributed by atoms with Gasteiger partial charge in [-0.05, 0) is 35.9 Å². The number of carbonyl (C=O) groups is 1. The van der Waals surface area contributed by atoms with Crippen LogP contribution in [0.25, 0.3) is 11.0 Å². The maximum absolute atomic E-state index is 13.5. The van der Waals surface area contributed by atoms with Crippen LogP contribution in [-0.2, 0) is 6.54 Å². The van der Waals surface area contributed by atoms with Gasteiger partial charge in [-0.15, -0.1) is 0 Å². The Bertz CT molecular complexity index is 1200. The fraction of sp³-hybridized carbons (Fsp3) is 0.0435. The van der Waals surface area contributed by atoms with Gasteiger partial charge in [-0.2, -0.15) is 0 Å². The van der Waals surface area contributed by atoms with Crippen LogP contribution in [0.15, 0.2) is 94.3 Å². The summed E-state index contributed by atoms with van der Waals surface area (Å²) in [5, 5.41) is 3.67. The Hall–Kier alpha value is -3.73. The molecule has 1 heterocycles. The van der Waals surface area contributed by atoms with Gasteiger partial charge in [0.25, 0.3) is 5.91 Å². The predicted octanol–water partition coefficient (Wildman–Crippen LogP) is 4.73. The van der Waals surface area contributed by atoms with Gasteiger partial charge in [0, 0.05) is 11.9 Å². The molecule has 138 valence electrons. The molecule has 1 aromatic heterocycles. The van der Waals surface area contributed by atoms with Crippen LogP contribution in [-0.4, -0.2) is 5.91 Å². The molecule has 0 saturated heterocycles. The molecule has 0 fully saturated rings. The van der Waals surface area contributed by atoms with E-state index in [1.807, 2.05) is 48.5 Å². The van der Waals surface area contributed by atoms with Crippen LogP contribution in [0.5, 0.6) is 0 Å². The molecule has 0 bridgehead atoms. The fourth-order valence-electron chi connectivity index (χ4n) is 2.85. The third-order valence-corrected chi connectivity index (χ3v) is 4.24. The molecule has 0 atom stereocenters. The second-order valence-corrected chi connectivity index (χ2v) is 6.26. The maximum Gasteiger partial charge on any atom is 0.257 e. The number of hydrogen-bond donors (Lipinski definition) is 1. The first-order chi connectivity index (χ1) is 13.7. The zero-order chi connectivity index (χ0) is 19.3. The van der Waals surface area contributed by atoms with Crippen LogP contribution in [0.2, 0.25) is 0 Å². The Balaban J connectivity index is 1.76. The summed E-state index contributed by atoms with van der Waals surface area (Å²) in [7, 11) is 0. The van der Waals surface area contributed by atoms with E-state index in [9.17, 15) is 9.18 Å². The van der Waals surface area contributed by atoms with Gasteiger partial charge in [0.15, 0.2) is 0 Å². The first kappa shape index (κ1) is 17.7. The second-order valence-electron chi connectivity index (χ2n) is 6.26. The summed E-state index contributed by atoms with van der Waals surface area (Å²) >= 11 is 0. The molecular weight excluding hydrogens is 355 g/mol. The fourth-order valence-corrected chi connectivity index (χ4v) is 2.85. The molecule has 0 saturated carbocycles. The summed E-state index contributed by atoms with van der Waals surface area (Å²) in [6.45, 7) is 0.381. The predicted molar refractivity (Wildman–Crippen MR) is 105 cm³/mol. The van der Waals surface area contributed by atoms with Gasteiger partial charge in [0.05, 0.1) is 5.69 Å². The molecule has 0 spiro atoms. The van der Waals surface area contributed by atoms with Crippen LogP contribution >= 0.6 is 0 Å². The summed E-state index contributed by atoms with van der Waals surface area (Å²) < 4.78 is 19.4. The van der Waals surface area contributed by atoms with Gasteiger partial charge in [0.1, 0.15) is 17.0 Å². The quantitative estimate of drug-likeness (QED) is 0.563. The lowest BCUT2D eigenvalue weighted by Crippen LogP contribution is -2.28. The van der Waals surface area contributed by atoms with Crippen molar-refractivity contribution >= 4 is 22.6 Å². The highest BCUT2D eigenvalue weighted by atomic mass is 19.1. The van der Waals surface area contributed by atoms with Gasteiger partial charge in [-0.25, -0.2) is 9.38 Å². The molecule has 4 aromatic rings. The van der Waals surface area contributed by atoms with Crippen molar-refractivity contribution < 1.29 is 13.6 Å². The summed E-state index contributed by atoms with van der Waals surface area (Å²) in [5.41, 5.74) is 2.37. The van der Waals surface area contributed by atoms with Crippen LogP contribution in [0.1, 0.15) is 15.9 Å². The maximum atomic E-state index is 13.5. The first-order valence-corrected chi connectivity index (χ1v) is 8.84. The van der Waals surface area contributed by atoms with Crippen molar-refractivity contribution in [1.29, 1.82) is 0 Å². The minimum absolute atomic E-state index is 0.134. The SMILES string of the molecule is O=C(NCc1ccccc1)c1cc2ccccc2oc1=Nc1cccc(F)c1. The number of para-hydroxylation sites is 1. The van der Waals surface area contributed by atoms with E-state index in [-0.39, 0.29) is 11.5 Å². The first-order valence-electron chi connectivity index (χ1n) is 8.84. The van der Waals surface area contributed by atoms with Gasteiger partial charge in [-0.3, -0.25) is 4.79 Å². The van der Waals surface area contributed by atoms with E-state index in [1.54, 1.807) is 24.3 Å². The van der Waals surface area contributed by atoms with E-state index in [0.717, 1.165) is 10.9 Å². The van der Waals surface area contributed by atoms with Crippen molar-refractivity contribution in [3.8, 4) is 0 Å². The van der Waals surface area contributed by atoms with Crippen molar-refractivity contribution in [2.45, 2.75) is 6.54 Å². The van der Waals surface area contributed by atoms with Crippen LogP contribution in [0.3, 0.4) is 0 Å². The van der Waals surface area contributed by atoms with Crippen LogP contribution in [0.4, 0.5) is 10.1 Å². The number of fused-ring (bicyclic) bond motifs is 1. The van der Waals surface area contributed by atoms with E-state index in [4.69, 9.17) is 4.42 Å². The van der Waals surface area contributed by atoms with Crippen molar-refractivity contribution in [2.24, 2.45) is 4.99 Å². The normalized spacial score (nSPS) is 11.5. The summed E-state index contributed by atoms with van der Waals surface area (Å²) in [4.78, 5) is 17.2. The molecule has 0 unspecified atom stereocenters. The van der Waals surface area contributed by atoms with E-state index in [1.165, 1.54) is 12.1 Å². The third kappa shape index (κ3) is 3.99. The Kier molecular flexibility index (Phi) is 4.97. The van der Waals surface area contributed by atoms with Crippen molar-refractivity contribution in [1.82, 2.24) is 5.32 Å². The number of hydrogen-bond acceptors (Lipinski definition) is 3. The Morgan fingerprint density at radius 3 is 2.54 bits per heavy atom. The Morgan fingerprint density at radius 1 is 0.929 bits per heavy atom. The third-order valence-electron chi connectivity index (χ3n) is 4.24. The lowest BCUT2D eigenvalue weighted by Gasteiger charge is -2.07. The molecule has 1 N–H and O–H groups in total. The molecule has 0 aliphatic heterocycles.